The van der Waals surface area contributed by atoms with Gasteiger partial charge < -0.3 is 14.3 Å². The van der Waals surface area contributed by atoms with Gasteiger partial charge in [0.1, 0.15) is 5.78 Å². The third-order valence-corrected chi connectivity index (χ3v) is 2.45. The third kappa shape index (κ3) is 13.6. The van der Waals surface area contributed by atoms with Crippen LogP contribution >= 0.6 is 0 Å². The van der Waals surface area contributed by atoms with Gasteiger partial charge in [0, 0.05) is 33.4 Å². The lowest BCUT2D eigenvalue weighted by molar-refractivity contribution is -0.117. The van der Waals surface area contributed by atoms with E-state index in [0.717, 1.165) is 39.1 Å². The van der Waals surface area contributed by atoms with Gasteiger partial charge in [-0.05, 0) is 26.2 Å². The van der Waals surface area contributed by atoms with E-state index >= 15 is 0 Å². The second-order valence-corrected chi connectivity index (χ2v) is 4.18. The van der Waals surface area contributed by atoms with Crippen LogP contribution in [0.4, 0.5) is 0 Å². The van der Waals surface area contributed by atoms with Crippen molar-refractivity contribution in [2.24, 2.45) is 0 Å². The summed E-state index contributed by atoms with van der Waals surface area (Å²) in [5, 5.41) is 0. The van der Waals surface area contributed by atoms with Crippen LogP contribution in [-0.2, 0) is 14.3 Å². The van der Waals surface area contributed by atoms with Gasteiger partial charge in [-0.2, -0.15) is 0 Å². The van der Waals surface area contributed by atoms with E-state index in [0.29, 0.717) is 6.42 Å². The Morgan fingerprint density at radius 1 is 0.875 bits per heavy atom. The molecule has 0 aromatic carbocycles. The molecule has 0 unspecified atom stereocenters. The van der Waals surface area contributed by atoms with Crippen LogP contribution in [-0.4, -0.2) is 32.7 Å². The van der Waals surface area contributed by atoms with Crippen molar-refractivity contribution >= 4 is 5.78 Å². The van der Waals surface area contributed by atoms with E-state index in [2.05, 4.69) is 0 Å². The minimum Gasteiger partial charge on any atom is -0.385 e. The van der Waals surface area contributed by atoms with E-state index in [1.807, 2.05) is 0 Å². The number of hydrogen-bond acceptors (Lipinski definition) is 3. The summed E-state index contributed by atoms with van der Waals surface area (Å²) in [6.07, 6.45) is 7.55. The molecule has 0 heterocycles. The first-order chi connectivity index (χ1) is 7.77. The lowest BCUT2D eigenvalue weighted by atomic mass is 10.1. The fourth-order valence-corrected chi connectivity index (χ4v) is 1.51. The number of carbonyl (C=O) groups is 1. The molecule has 0 atom stereocenters. The maximum atomic E-state index is 10.6. The van der Waals surface area contributed by atoms with Crippen LogP contribution in [0.5, 0.6) is 0 Å². The number of hydrogen-bond donors (Lipinski definition) is 0. The molecule has 0 aliphatic carbocycles. The molecule has 0 aromatic rings. The quantitative estimate of drug-likeness (QED) is 0.483. The number of unbranched alkanes of at least 4 members (excludes halogenated alkanes) is 4. The van der Waals surface area contributed by atoms with E-state index in [9.17, 15) is 4.79 Å². The van der Waals surface area contributed by atoms with Crippen molar-refractivity contribution in [3.8, 4) is 0 Å². The Morgan fingerprint density at radius 3 is 2.06 bits per heavy atom. The fourth-order valence-electron chi connectivity index (χ4n) is 1.51. The van der Waals surface area contributed by atoms with Crippen LogP contribution in [0.1, 0.15) is 51.9 Å². The first-order valence-corrected chi connectivity index (χ1v) is 6.33. The minimum absolute atomic E-state index is 0.252. The van der Waals surface area contributed by atoms with E-state index in [-0.39, 0.29) is 5.78 Å². The molecule has 0 bridgehead atoms. The zero-order valence-corrected chi connectivity index (χ0v) is 10.8. The highest BCUT2D eigenvalue weighted by atomic mass is 16.5. The molecule has 3 heteroatoms. The van der Waals surface area contributed by atoms with Crippen molar-refractivity contribution in [1.82, 2.24) is 0 Å². The second-order valence-electron chi connectivity index (χ2n) is 4.18. The van der Waals surface area contributed by atoms with Crippen LogP contribution in [0.3, 0.4) is 0 Å². The maximum Gasteiger partial charge on any atom is 0.129 e. The average Bonchev–Trinajstić information content (AvgIpc) is 2.25. The van der Waals surface area contributed by atoms with Crippen LogP contribution in [0.15, 0.2) is 0 Å². The zero-order chi connectivity index (χ0) is 12.1. The predicted molar refractivity (Wildman–Crippen MR) is 65.7 cm³/mol. The molecule has 0 aliphatic rings. The van der Waals surface area contributed by atoms with Gasteiger partial charge in [-0.3, -0.25) is 0 Å². The average molecular weight is 230 g/mol. The molecular weight excluding hydrogens is 204 g/mol. The third-order valence-electron chi connectivity index (χ3n) is 2.45. The van der Waals surface area contributed by atoms with E-state index in [1.165, 1.54) is 19.3 Å². The smallest absolute Gasteiger partial charge is 0.129 e. The molecule has 0 aromatic heterocycles. The van der Waals surface area contributed by atoms with Crippen molar-refractivity contribution in [3.05, 3.63) is 0 Å². The molecule has 0 spiro atoms. The number of methoxy groups -OCH3 is 1. The van der Waals surface area contributed by atoms with Gasteiger partial charge in [-0.1, -0.05) is 19.3 Å². The SMILES string of the molecule is COCCCCCCCOCCCC(C)=O. The number of Topliss-reactive ketones (excluding diaryl/α,β-unsaturated/α-hetero) is 1. The van der Waals surface area contributed by atoms with Crippen molar-refractivity contribution in [2.75, 3.05) is 26.9 Å². The van der Waals surface area contributed by atoms with E-state index < -0.39 is 0 Å². The number of rotatable bonds is 12. The number of ketones is 1. The Balaban J connectivity index is 2.90. The minimum atomic E-state index is 0.252. The number of carbonyl (C=O) groups excluding carboxylic acids is 1. The summed E-state index contributed by atoms with van der Waals surface area (Å²) in [4.78, 5) is 10.6. The molecular formula is C13H26O3. The van der Waals surface area contributed by atoms with Crippen molar-refractivity contribution < 1.29 is 14.3 Å². The predicted octanol–water partition coefficient (Wildman–Crippen LogP) is 2.97. The molecule has 0 saturated carbocycles. The molecule has 96 valence electrons. The molecule has 0 N–H and O–H groups in total. The van der Waals surface area contributed by atoms with Gasteiger partial charge in [0.15, 0.2) is 0 Å². The van der Waals surface area contributed by atoms with Gasteiger partial charge in [0.05, 0.1) is 0 Å². The highest BCUT2D eigenvalue weighted by Gasteiger charge is 1.94. The van der Waals surface area contributed by atoms with Gasteiger partial charge in [-0.25, -0.2) is 0 Å². The maximum absolute atomic E-state index is 10.6. The summed E-state index contributed by atoms with van der Waals surface area (Å²) in [6.45, 7) is 4.06. The summed E-state index contributed by atoms with van der Waals surface area (Å²) in [5.41, 5.74) is 0. The van der Waals surface area contributed by atoms with Crippen molar-refractivity contribution in [1.29, 1.82) is 0 Å². The fraction of sp³-hybridized carbons (Fsp3) is 0.923. The van der Waals surface area contributed by atoms with Crippen LogP contribution in [0.25, 0.3) is 0 Å². The van der Waals surface area contributed by atoms with Crippen molar-refractivity contribution in [2.45, 2.75) is 51.9 Å². The standard InChI is InChI=1S/C13H26O3/c1-13(14)9-8-12-16-11-7-5-3-4-6-10-15-2/h3-12H2,1-2H3. The summed E-state index contributed by atoms with van der Waals surface area (Å²) in [6, 6.07) is 0. The summed E-state index contributed by atoms with van der Waals surface area (Å²) < 4.78 is 10.4. The summed E-state index contributed by atoms with van der Waals surface area (Å²) in [7, 11) is 1.74. The Hall–Kier alpha value is -0.410. The topological polar surface area (TPSA) is 35.5 Å². The lowest BCUT2D eigenvalue weighted by Crippen LogP contribution is -1.99. The molecule has 0 rings (SSSR count). The molecule has 16 heavy (non-hydrogen) atoms. The van der Waals surface area contributed by atoms with E-state index in [1.54, 1.807) is 14.0 Å². The first kappa shape index (κ1) is 15.6. The molecule has 0 aliphatic heterocycles. The van der Waals surface area contributed by atoms with Crippen LogP contribution in [0.2, 0.25) is 0 Å². The normalized spacial score (nSPS) is 10.6. The Morgan fingerprint density at radius 2 is 1.44 bits per heavy atom. The monoisotopic (exact) mass is 230 g/mol. The van der Waals surface area contributed by atoms with Gasteiger partial charge >= 0.3 is 0 Å². The summed E-state index contributed by atoms with van der Waals surface area (Å²) >= 11 is 0. The molecule has 0 fully saturated rings. The van der Waals surface area contributed by atoms with Crippen molar-refractivity contribution in [3.63, 3.8) is 0 Å². The van der Waals surface area contributed by atoms with Crippen LogP contribution < -0.4 is 0 Å². The zero-order valence-electron chi connectivity index (χ0n) is 10.8. The van der Waals surface area contributed by atoms with E-state index in [4.69, 9.17) is 9.47 Å². The lowest BCUT2D eigenvalue weighted by Gasteiger charge is -2.03. The van der Waals surface area contributed by atoms with Gasteiger partial charge in [0.2, 0.25) is 0 Å². The van der Waals surface area contributed by atoms with Crippen LogP contribution in [0, 0.1) is 0 Å². The Labute approximate surface area is 99.5 Å². The second kappa shape index (κ2) is 12.7. The van der Waals surface area contributed by atoms with Gasteiger partial charge in [-0.15, -0.1) is 0 Å². The largest absolute Gasteiger partial charge is 0.385 e. The summed E-state index contributed by atoms with van der Waals surface area (Å²) in [5.74, 6) is 0.252. The number of ether oxygens (including phenoxy) is 2. The Kier molecular flexibility index (Phi) is 12.3. The highest BCUT2D eigenvalue weighted by Crippen LogP contribution is 2.03. The van der Waals surface area contributed by atoms with Gasteiger partial charge in [0.25, 0.3) is 0 Å². The molecule has 3 nitrogen and oxygen atoms in total. The molecule has 0 saturated heterocycles. The Bertz CT molecular complexity index is 157. The molecule has 0 amide bonds. The molecule has 0 radical (unpaired) electrons. The first-order valence-electron chi connectivity index (χ1n) is 6.33. The highest BCUT2D eigenvalue weighted by molar-refractivity contribution is 5.75.